The Kier molecular flexibility index (Phi) is 33.1. The van der Waals surface area contributed by atoms with Gasteiger partial charge in [-0.15, -0.1) is 0 Å². The van der Waals surface area contributed by atoms with E-state index in [0.29, 0.717) is 19.5 Å². The summed E-state index contributed by atoms with van der Waals surface area (Å²) in [5, 5.41) is 123. The Morgan fingerprint density at radius 1 is 0.664 bits per heavy atom. The van der Waals surface area contributed by atoms with E-state index in [1.807, 2.05) is 13.8 Å². The number of likely N-dealkylation sites (N-methyl/N-ethyl adjacent to an activating group) is 1. The molecule has 0 unspecified atom stereocenters. The second-order valence-corrected chi connectivity index (χ2v) is 32.6. The van der Waals surface area contributed by atoms with E-state index < -0.39 is 220 Å². The van der Waals surface area contributed by atoms with E-state index in [1.54, 1.807) is 13.8 Å². The normalized spacial score (nSPS) is 26.3. The van der Waals surface area contributed by atoms with Crippen molar-refractivity contribution in [2.75, 3.05) is 46.3 Å². The molecular weight excluding hydrogens is 1630 g/mol. The summed E-state index contributed by atoms with van der Waals surface area (Å²) in [7, 11) is 1.49. The molecule has 0 aliphatic carbocycles. The molecule has 5 aromatic carbocycles. The fraction of sp³-hybridized carbons (Fsp3) is 0.530. The first-order valence-corrected chi connectivity index (χ1v) is 41.7. The van der Waals surface area contributed by atoms with Gasteiger partial charge in [0, 0.05) is 61.9 Å². The molecule has 39 heteroatoms. The van der Waals surface area contributed by atoms with Gasteiger partial charge in [-0.3, -0.25) is 43.3 Å². The van der Waals surface area contributed by atoms with Crippen molar-refractivity contribution in [1.29, 1.82) is 0 Å². The van der Waals surface area contributed by atoms with E-state index >= 15 is 24.0 Å². The summed E-state index contributed by atoms with van der Waals surface area (Å²) >= 11 is 14.4. The van der Waals surface area contributed by atoms with Crippen molar-refractivity contribution < 1.29 is 108 Å². The minimum absolute atomic E-state index is 0.0814. The molecule has 2 saturated heterocycles. The Balaban J connectivity index is 1.15. The maximum absolute atomic E-state index is 16.4. The predicted octanol–water partition coefficient (Wildman–Crippen LogP) is 2.52. The van der Waals surface area contributed by atoms with E-state index in [0.717, 1.165) is 74.3 Å². The molecule has 37 nitrogen and oxygen atoms in total. The first kappa shape index (κ1) is 94.3. The van der Waals surface area contributed by atoms with Crippen LogP contribution in [0.5, 0.6) is 46.0 Å². The Labute approximate surface area is 715 Å². The average molecular weight is 1740 g/mol. The fourth-order valence-corrected chi connectivity index (χ4v) is 15.9. The molecule has 0 spiro atoms. The van der Waals surface area contributed by atoms with Gasteiger partial charge in [-0.2, -0.15) is 0 Å². The first-order valence-electron chi connectivity index (χ1n) is 40.9. The van der Waals surface area contributed by atoms with Crippen molar-refractivity contribution in [2.24, 2.45) is 33.8 Å². The highest BCUT2D eigenvalue weighted by Gasteiger charge is 2.52. The number of amides is 8. The van der Waals surface area contributed by atoms with Gasteiger partial charge in [0.05, 0.1) is 34.7 Å². The number of halogens is 2. The standard InChI is InChI=1S/C83H113Cl2N15O22/c1-7-8-9-10-11-12-13-14-23-91-26-27-94-83(5)37-60(117-40(4)73(83)109)121-72-70(108)69(107)58(38-86)120-81(72)122-71-56-32-44-33-57(71)119-55-22-19-43(31-49(55)85)68(106)66-80(116)98-64(76(112)92-24-15-16-25-93-82(88)89)47-34-45(101)35-53(103)61(47)46-29-41(17-20-52(46)102)62(77(113)100-66)97-78(114)63(44)96-75(111)51(36-59(87)104)95-79(115)65(99-74(110)50(90-6)28-39(2)3)67(105)42-18-21-54(118-56)48(84)30-42/h17-22,29-35,39-40,50-51,58,60,62-70,72-73,81,90-91,94,101-103,105-109H,7-16,23-28,36-38,86H2,1-6H3,(H2,87,104)(H,92,112)(H,95,115)(H,96,111)(H,97,114)(H,98,116)(H,99,110)(H,100,113)(H4,88,89,93)/t40-,50+,51-,58+,60-,62+,63+,64-,65+,66-,67+,68+,69+,70-,72+,73+,81-,83-/m0/s1. The topological polar surface area (TPSA) is 591 Å². The largest absolute Gasteiger partial charge is 0.508 e. The molecule has 7 aliphatic rings. The molecule has 11 bridgehead atoms. The van der Waals surface area contributed by atoms with Gasteiger partial charge in [-0.1, -0.05) is 107 Å². The molecule has 0 aromatic heterocycles. The third-order valence-electron chi connectivity index (χ3n) is 22.0. The van der Waals surface area contributed by atoms with E-state index in [1.165, 1.54) is 69.5 Å². The van der Waals surface area contributed by atoms with Crippen LogP contribution >= 0.6 is 23.2 Å². The SMILES string of the molecule is CCCCCCCCCCNCCN[C@@]1(C)C[C@H](O[C@H]2[C@H](Oc3c4cc5cc3Oc3ccc(cc3Cl)[C@@H](O)[C@@H](NC(=O)[C@@H](CC(C)C)NC)C(=O)N[C@@H](CC(N)=O)C(=O)N[C@H]5C(=O)N[C@H]3C(=O)N[C@H](C(=O)N[C@H](C(=O)NCCCCN=C(N)N)c5cc(O)cc(O)c5-c5cc3ccc5O)[C@H](O)c3ccc(c(Cl)c3)O4)O[C@H](CN)[C@@H](O)[C@@H]2O)O[C@@H](C)[C@H]1O. The summed E-state index contributed by atoms with van der Waals surface area (Å²) in [6, 6.07) is 0.636. The quantitative estimate of drug-likeness (QED) is 0.0172. The Hall–Kier alpha value is -9.97. The Bertz CT molecular complexity index is 4590. The Morgan fingerprint density at radius 2 is 1.29 bits per heavy atom. The van der Waals surface area contributed by atoms with Crippen LogP contribution < -0.4 is 90.3 Å². The lowest BCUT2D eigenvalue weighted by atomic mass is 9.85. The summed E-state index contributed by atoms with van der Waals surface area (Å²) in [5.41, 5.74) is 19.7. The smallest absolute Gasteiger partial charge is 0.248 e. The number of phenols is 3. The molecule has 0 radical (unpaired) electrons. The van der Waals surface area contributed by atoms with Gasteiger partial charge in [0.1, 0.15) is 95.5 Å². The maximum Gasteiger partial charge on any atom is 0.248 e. The van der Waals surface area contributed by atoms with Crippen LogP contribution in [0.1, 0.15) is 176 Å². The van der Waals surface area contributed by atoms with E-state index in [4.69, 9.17) is 74.6 Å². The number of guanidine groups is 1. The number of benzene rings is 5. The van der Waals surface area contributed by atoms with Crippen molar-refractivity contribution in [2.45, 2.75) is 227 Å². The summed E-state index contributed by atoms with van der Waals surface area (Å²) in [6.07, 6.45) is -7.67. The van der Waals surface area contributed by atoms with Gasteiger partial charge in [0.25, 0.3) is 0 Å². The lowest BCUT2D eigenvalue weighted by molar-refractivity contribution is -0.331. The number of aliphatic imine (C=N–C) groups is 1. The predicted molar refractivity (Wildman–Crippen MR) is 446 cm³/mol. The van der Waals surface area contributed by atoms with Gasteiger partial charge in [0.15, 0.2) is 29.9 Å². The number of fused-ring (bicyclic) bond motifs is 15. The van der Waals surface area contributed by atoms with Crippen molar-refractivity contribution in [3.63, 3.8) is 0 Å². The second-order valence-electron chi connectivity index (χ2n) is 31.8. The number of hydrogen-bond acceptors (Lipinski definition) is 27. The number of ether oxygens (including phenoxy) is 6. The summed E-state index contributed by atoms with van der Waals surface area (Å²) in [4.78, 5) is 125. The maximum atomic E-state index is 16.4. The van der Waals surface area contributed by atoms with Crippen molar-refractivity contribution in [3.8, 4) is 57.1 Å². The number of carbonyl (C=O) groups is 8. The van der Waals surface area contributed by atoms with Crippen LogP contribution in [0.15, 0.2) is 83.9 Å². The third-order valence-corrected chi connectivity index (χ3v) is 22.6. The zero-order chi connectivity index (χ0) is 88.6. The molecule has 5 aromatic rings. The van der Waals surface area contributed by atoms with Gasteiger partial charge in [0.2, 0.25) is 59.3 Å². The number of unbranched alkanes of at least 4 members (excludes halogenated alkanes) is 8. The van der Waals surface area contributed by atoms with Crippen LogP contribution in [0.4, 0.5) is 0 Å². The number of nitrogens with one attached hydrogen (secondary N) is 10. The van der Waals surface area contributed by atoms with Crippen molar-refractivity contribution in [1.82, 2.24) is 53.2 Å². The number of phenolic OH excluding ortho intramolecular Hbond substituents is 3. The molecular formula is C83H113Cl2N15O22. The summed E-state index contributed by atoms with van der Waals surface area (Å²) in [6.45, 7) is 10.6. The molecule has 0 saturated carbocycles. The number of carbonyl (C=O) groups excluding carboxylic acids is 8. The Morgan fingerprint density at radius 3 is 1.92 bits per heavy atom. The number of hydrogen-bond donors (Lipinski definition) is 22. The zero-order valence-electron chi connectivity index (χ0n) is 68.6. The van der Waals surface area contributed by atoms with Crippen LogP contribution in [-0.4, -0.2) is 219 Å². The molecule has 7 heterocycles. The number of aromatic hydroxyl groups is 3. The second kappa shape index (κ2) is 42.9. The third kappa shape index (κ3) is 23.5. The number of aliphatic hydroxyl groups is 5. The van der Waals surface area contributed by atoms with Crippen LogP contribution in [0, 0.1) is 5.92 Å². The monoisotopic (exact) mass is 1740 g/mol. The lowest BCUT2D eigenvalue weighted by Gasteiger charge is -2.48. The number of rotatable bonds is 31. The molecule has 26 N–H and O–H groups in total. The summed E-state index contributed by atoms with van der Waals surface area (Å²) in [5.74, 6) is -14.6. The van der Waals surface area contributed by atoms with Crippen LogP contribution in [0.3, 0.4) is 0 Å². The summed E-state index contributed by atoms with van der Waals surface area (Å²) < 4.78 is 39.9. The highest BCUT2D eigenvalue weighted by molar-refractivity contribution is 6.32. The van der Waals surface area contributed by atoms with Crippen molar-refractivity contribution >= 4 is 76.4 Å². The van der Waals surface area contributed by atoms with Crippen LogP contribution in [0.25, 0.3) is 11.1 Å². The van der Waals surface area contributed by atoms with Gasteiger partial charge < -0.3 is 145 Å². The zero-order valence-corrected chi connectivity index (χ0v) is 70.2. The minimum Gasteiger partial charge on any atom is -0.508 e. The molecule has 8 amide bonds. The minimum atomic E-state index is -2.33. The average Bonchev–Trinajstić information content (AvgIpc) is 0.831. The molecule has 18 atom stereocenters. The van der Waals surface area contributed by atoms with Crippen LogP contribution in [-0.2, 0) is 52.6 Å². The molecule has 2 fully saturated rings. The van der Waals surface area contributed by atoms with E-state index in [-0.39, 0.29) is 88.6 Å². The lowest BCUT2D eigenvalue weighted by Crippen LogP contribution is -2.66. The fourth-order valence-electron chi connectivity index (χ4n) is 15.4. The first-order chi connectivity index (χ1) is 58.1. The van der Waals surface area contributed by atoms with Gasteiger partial charge in [-0.25, -0.2) is 0 Å². The molecule has 7 aliphatic heterocycles. The van der Waals surface area contributed by atoms with Gasteiger partial charge in [-0.05, 0) is 141 Å². The molecule has 12 rings (SSSR count). The number of nitrogens with two attached hydrogens (primary N) is 4. The van der Waals surface area contributed by atoms with Crippen molar-refractivity contribution in [3.05, 3.63) is 117 Å². The molecule has 666 valence electrons. The van der Waals surface area contributed by atoms with E-state index in [9.17, 15) is 55.2 Å². The highest BCUT2D eigenvalue weighted by atomic mass is 35.5. The van der Waals surface area contributed by atoms with E-state index in [2.05, 4.69) is 65.1 Å². The van der Waals surface area contributed by atoms with Gasteiger partial charge >= 0.3 is 0 Å². The number of primary amides is 1. The number of aliphatic hydroxyl groups excluding tert-OH is 5. The highest BCUT2D eigenvalue weighted by Crippen LogP contribution is 2.50. The molecule has 122 heavy (non-hydrogen) atoms. The number of nitrogens with zero attached hydrogens (tertiary/aromatic N) is 1. The van der Waals surface area contributed by atoms with Crippen LogP contribution in [0.2, 0.25) is 10.0 Å².